The largest absolute Gasteiger partial charge is 0.463 e. The molecule has 2 rings (SSSR count). The van der Waals surface area contributed by atoms with Crippen LogP contribution in [0, 0.1) is 11.8 Å². The van der Waals surface area contributed by atoms with E-state index >= 15 is 0 Å². The van der Waals surface area contributed by atoms with Crippen molar-refractivity contribution in [2.75, 3.05) is 32.8 Å². The lowest BCUT2D eigenvalue weighted by molar-refractivity contribution is -0.138. The minimum absolute atomic E-state index is 0.235. The van der Waals surface area contributed by atoms with E-state index in [-0.39, 0.29) is 18.5 Å². The van der Waals surface area contributed by atoms with E-state index in [0.29, 0.717) is 36.3 Å². The Hall–Kier alpha value is -1.56. The molecule has 0 aromatic carbocycles. The van der Waals surface area contributed by atoms with Crippen LogP contribution in [0.1, 0.15) is 27.2 Å². The Morgan fingerprint density at radius 1 is 1.33 bits per heavy atom. The second kappa shape index (κ2) is 6.93. The molecule has 6 heteroatoms. The predicted octanol–water partition coefficient (Wildman–Crippen LogP) is 1.09. The first-order chi connectivity index (χ1) is 9.99. The molecule has 2 heterocycles. The van der Waals surface area contributed by atoms with Gasteiger partial charge in [-0.3, -0.25) is 4.90 Å². The maximum Gasteiger partial charge on any atom is 0.337 e. The zero-order chi connectivity index (χ0) is 15.4. The first-order valence-corrected chi connectivity index (χ1v) is 7.66. The van der Waals surface area contributed by atoms with Gasteiger partial charge in [-0.2, -0.15) is 0 Å². The fourth-order valence-electron chi connectivity index (χ4n) is 3.23. The summed E-state index contributed by atoms with van der Waals surface area (Å²) >= 11 is 0. The molecule has 1 fully saturated rings. The molecule has 2 amide bonds. The number of esters is 1. The smallest absolute Gasteiger partial charge is 0.337 e. The average molecular weight is 295 g/mol. The van der Waals surface area contributed by atoms with Crippen molar-refractivity contribution in [1.29, 1.82) is 0 Å². The summed E-state index contributed by atoms with van der Waals surface area (Å²) in [6.07, 6.45) is 1.23. The van der Waals surface area contributed by atoms with Crippen molar-refractivity contribution in [3.8, 4) is 0 Å². The molecular formula is C15H25N3O3. The Kier molecular flexibility index (Phi) is 5.22. The van der Waals surface area contributed by atoms with Gasteiger partial charge in [-0.25, -0.2) is 9.59 Å². The molecule has 2 unspecified atom stereocenters. The number of carbonyl (C=O) groups excluding carboxylic acids is 2. The van der Waals surface area contributed by atoms with Gasteiger partial charge in [0.2, 0.25) is 0 Å². The van der Waals surface area contributed by atoms with E-state index in [1.807, 2.05) is 0 Å². The lowest BCUT2D eigenvalue weighted by Gasteiger charge is -2.36. The fraction of sp³-hybridized carbons (Fsp3) is 0.733. The number of amides is 2. The molecule has 21 heavy (non-hydrogen) atoms. The van der Waals surface area contributed by atoms with Gasteiger partial charge in [-0.15, -0.1) is 0 Å². The van der Waals surface area contributed by atoms with Crippen LogP contribution in [0.25, 0.3) is 0 Å². The van der Waals surface area contributed by atoms with E-state index in [1.165, 1.54) is 6.42 Å². The van der Waals surface area contributed by atoms with Gasteiger partial charge in [0.15, 0.2) is 0 Å². The van der Waals surface area contributed by atoms with Crippen LogP contribution < -0.4 is 10.6 Å². The third kappa shape index (κ3) is 4.20. The number of ether oxygens (including phenoxy) is 1. The molecule has 1 saturated heterocycles. The summed E-state index contributed by atoms with van der Waals surface area (Å²) in [6, 6.07) is -0.254. The van der Waals surface area contributed by atoms with E-state index in [4.69, 9.17) is 4.74 Å². The molecule has 2 N–H and O–H groups in total. The number of hydrogen-bond donors (Lipinski definition) is 2. The molecule has 2 aliphatic rings. The van der Waals surface area contributed by atoms with Crippen LogP contribution in [0.5, 0.6) is 0 Å². The van der Waals surface area contributed by atoms with Crippen molar-refractivity contribution in [3.63, 3.8) is 0 Å². The van der Waals surface area contributed by atoms with Crippen LogP contribution in [0.3, 0.4) is 0 Å². The molecule has 0 saturated carbocycles. The zero-order valence-corrected chi connectivity index (χ0v) is 13.1. The van der Waals surface area contributed by atoms with Crippen LogP contribution in [-0.4, -0.2) is 49.7 Å². The Balaban J connectivity index is 2.11. The molecule has 2 atom stereocenters. The predicted molar refractivity (Wildman–Crippen MR) is 79.6 cm³/mol. The lowest BCUT2D eigenvalue weighted by atomic mass is 9.91. The van der Waals surface area contributed by atoms with Crippen molar-refractivity contribution >= 4 is 12.0 Å². The van der Waals surface area contributed by atoms with E-state index in [0.717, 1.165) is 13.1 Å². The van der Waals surface area contributed by atoms with Gasteiger partial charge in [0.25, 0.3) is 0 Å². The Morgan fingerprint density at radius 2 is 2.00 bits per heavy atom. The number of hydrogen-bond acceptors (Lipinski definition) is 4. The molecule has 0 spiro atoms. The number of urea groups is 1. The first-order valence-electron chi connectivity index (χ1n) is 7.66. The summed E-state index contributed by atoms with van der Waals surface area (Å²) in [5, 5.41) is 5.40. The molecule has 2 aliphatic heterocycles. The van der Waals surface area contributed by atoms with Gasteiger partial charge in [0.1, 0.15) is 0 Å². The first kappa shape index (κ1) is 15.8. The van der Waals surface area contributed by atoms with Crippen LogP contribution in [0.2, 0.25) is 0 Å². The number of nitrogens with zero attached hydrogens (tertiary/aromatic N) is 1. The van der Waals surface area contributed by atoms with Crippen molar-refractivity contribution in [3.05, 3.63) is 11.3 Å². The van der Waals surface area contributed by atoms with Gasteiger partial charge >= 0.3 is 12.0 Å². The molecular weight excluding hydrogens is 270 g/mol. The topological polar surface area (TPSA) is 70.7 Å². The highest BCUT2D eigenvalue weighted by Crippen LogP contribution is 2.22. The molecule has 6 nitrogen and oxygen atoms in total. The van der Waals surface area contributed by atoms with E-state index < -0.39 is 0 Å². The van der Waals surface area contributed by atoms with Crippen molar-refractivity contribution in [1.82, 2.24) is 15.5 Å². The second-order valence-electron chi connectivity index (χ2n) is 6.13. The molecule has 118 valence electrons. The normalized spacial score (nSPS) is 27.1. The van der Waals surface area contributed by atoms with Crippen LogP contribution in [0.15, 0.2) is 11.3 Å². The minimum atomic E-state index is -0.349. The van der Waals surface area contributed by atoms with Crippen LogP contribution in [-0.2, 0) is 9.53 Å². The van der Waals surface area contributed by atoms with Gasteiger partial charge in [-0.1, -0.05) is 13.8 Å². The molecule has 0 aliphatic carbocycles. The third-order valence-corrected chi connectivity index (χ3v) is 3.90. The highest BCUT2D eigenvalue weighted by atomic mass is 16.5. The second-order valence-corrected chi connectivity index (χ2v) is 6.13. The Morgan fingerprint density at radius 3 is 2.62 bits per heavy atom. The SMILES string of the molecule is CCOC(=O)C1=C(CN2CC(C)CC(C)C2)NC(=O)NC1. The number of likely N-dealkylation sites (tertiary alicyclic amines) is 1. The number of rotatable bonds is 4. The highest BCUT2D eigenvalue weighted by molar-refractivity contribution is 5.93. The molecule has 0 aromatic heterocycles. The minimum Gasteiger partial charge on any atom is -0.463 e. The van der Waals surface area contributed by atoms with Crippen molar-refractivity contribution in [2.24, 2.45) is 11.8 Å². The monoisotopic (exact) mass is 295 g/mol. The summed E-state index contributed by atoms with van der Waals surface area (Å²) < 4.78 is 5.07. The summed E-state index contributed by atoms with van der Waals surface area (Å²) in [6.45, 7) is 9.41. The van der Waals surface area contributed by atoms with Crippen molar-refractivity contribution in [2.45, 2.75) is 27.2 Å². The number of nitrogens with one attached hydrogen (secondary N) is 2. The number of piperidine rings is 1. The van der Waals surface area contributed by atoms with Gasteiger partial charge < -0.3 is 15.4 Å². The van der Waals surface area contributed by atoms with Gasteiger partial charge in [0.05, 0.1) is 18.7 Å². The van der Waals surface area contributed by atoms with E-state index in [9.17, 15) is 9.59 Å². The molecule has 0 radical (unpaired) electrons. The Labute approximate surface area is 125 Å². The molecule has 0 aromatic rings. The van der Waals surface area contributed by atoms with Crippen LogP contribution in [0.4, 0.5) is 4.79 Å². The summed E-state index contributed by atoms with van der Waals surface area (Å²) in [4.78, 5) is 25.8. The van der Waals surface area contributed by atoms with E-state index in [2.05, 4.69) is 29.4 Å². The Bertz CT molecular complexity index is 437. The maximum atomic E-state index is 12.0. The number of carbonyl (C=O) groups is 2. The maximum absolute atomic E-state index is 12.0. The zero-order valence-electron chi connectivity index (χ0n) is 13.1. The summed E-state index contributed by atoms with van der Waals surface area (Å²) in [5.41, 5.74) is 1.21. The van der Waals surface area contributed by atoms with Gasteiger partial charge in [0, 0.05) is 25.3 Å². The standard InChI is InChI=1S/C15H25N3O3/c1-4-21-14(19)12-6-16-15(20)17-13(12)9-18-7-10(2)5-11(3)8-18/h10-11H,4-9H2,1-3H3,(H2,16,17,20). The summed E-state index contributed by atoms with van der Waals surface area (Å²) in [5.74, 6) is 0.925. The summed E-state index contributed by atoms with van der Waals surface area (Å²) in [7, 11) is 0. The highest BCUT2D eigenvalue weighted by Gasteiger charge is 2.27. The van der Waals surface area contributed by atoms with Gasteiger partial charge in [-0.05, 0) is 25.2 Å². The average Bonchev–Trinajstić information content (AvgIpc) is 2.37. The fourth-order valence-corrected chi connectivity index (χ4v) is 3.23. The van der Waals surface area contributed by atoms with Crippen LogP contribution >= 0.6 is 0 Å². The third-order valence-electron chi connectivity index (χ3n) is 3.90. The van der Waals surface area contributed by atoms with Crippen molar-refractivity contribution < 1.29 is 14.3 Å². The molecule has 0 bridgehead atoms. The quantitative estimate of drug-likeness (QED) is 0.762. The van der Waals surface area contributed by atoms with E-state index in [1.54, 1.807) is 6.92 Å². The lowest BCUT2D eigenvalue weighted by Crippen LogP contribution is -2.48.